The topological polar surface area (TPSA) is 327 Å². The zero-order valence-electron chi connectivity index (χ0n) is 53.6. The van der Waals surface area contributed by atoms with Gasteiger partial charge in [0.15, 0.2) is 23.3 Å². The van der Waals surface area contributed by atoms with E-state index in [0.29, 0.717) is 61.5 Å². The number of alkyl halides is 2. The Morgan fingerprint density at radius 2 is 1.55 bits per heavy atom. The molecule has 2 aromatic carbocycles. The first-order valence-electron chi connectivity index (χ1n) is 32.6. The number of nitrogens with two attached hydrogens (primary N) is 2. The largest absolute Gasteiger partial charge is 0.486 e. The molecule has 504 valence electrons. The fourth-order valence-corrected chi connectivity index (χ4v) is 14.8. The number of carbonyl (C=O) groups is 8. The minimum Gasteiger partial charge on any atom is -0.486 e. The van der Waals surface area contributed by atoms with Crippen LogP contribution in [-0.2, 0) is 54.3 Å². The number of hydrogen-bond acceptors (Lipinski definition) is 15. The Kier molecular flexibility index (Phi) is 24.0. The average molecular weight is 1290 g/mol. The second-order valence-corrected chi connectivity index (χ2v) is 26.4. The number of aliphatic hydroxyl groups excluding tert-OH is 1. The van der Waals surface area contributed by atoms with E-state index < -0.39 is 131 Å². The summed E-state index contributed by atoms with van der Waals surface area (Å²) in [6, 6.07) is 8.75. The van der Waals surface area contributed by atoms with Crippen molar-refractivity contribution in [3.05, 3.63) is 90.6 Å². The number of aliphatic hydroxyl groups is 1. The average Bonchev–Trinajstić information content (AvgIpc) is 1.40. The van der Waals surface area contributed by atoms with E-state index in [1.54, 1.807) is 69.3 Å². The van der Waals surface area contributed by atoms with Crippen molar-refractivity contribution < 1.29 is 75.9 Å². The van der Waals surface area contributed by atoms with Crippen molar-refractivity contribution in [2.24, 2.45) is 46.0 Å². The number of benzene rings is 2. The highest BCUT2D eigenvalue weighted by atomic mass is 19.1. The molecule has 5 aliphatic carbocycles. The summed E-state index contributed by atoms with van der Waals surface area (Å²) in [5, 5.41) is 28.2. The van der Waals surface area contributed by atoms with Gasteiger partial charge in [0, 0.05) is 41.2 Å². The van der Waals surface area contributed by atoms with Crippen LogP contribution in [0.2, 0.25) is 0 Å². The van der Waals surface area contributed by atoms with E-state index in [9.17, 15) is 43.5 Å². The number of unbranched alkanes of at least 4 members (excludes halogenated alkanes) is 1. The summed E-state index contributed by atoms with van der Waals surface area (Å²) in [5.41, 5.74) is 5.99. The van der Waals surface area contributed by atoms with Crippen LogP contribution < -0.4 is 48.1 Å². The zero-order chi connectivity index (χ0) is 66.5. The maximum absolute atomic E-state index is 17.9. The zero-order valence-corrected chi connectivity index (χ0v) is 53.6. The Hall–Kier alpha value is -7.12. The molecule has 92 heavy (non-hydrogen) atoms. The van der Waals surface area contributed by atoms with E-state index in [0.717, 1.165) is 38.2 Å². The summed E-state index contributed by atoms with van der Waals surface area (Å²) in [4.78, 5) is 105. The SMILES string of the molecule is C=CC1CCCCCC(OCC(=O)NCCCC[C@H](N)C(=O)N[C@H](C(=O)N[C@@H](CCCNC(N)=O)C(=O)Nc2ccc(COC(=O)Nc3ccc(OCC(=O)[C@@]45OC(CCC)O[C@@H]4CC4C6C[C@H](F)C7=CC(=O)C=C[C@]7(C)[C@@]6(F)[C@@H](O)C[C@@]45C)cc3)cc2)C(C)C)C1. The molecule has 15 atom stereocenters. The molecule has 5 unspecified atom stereocenters. The van der Waals surface area contributed by atoms with E-state index in [1.807, 2.05) is 13.0 Å². The number of primary amides is 1. The van der Waals surface area contributed by atoms with Crippen molar-refractivity contribution in [2.45, 2.75) is 204 Å². The first-order chi connectivity index (χ1) is 43.8. The van der Waals surface area contributed by atoms with Crippen LogP contribution in [-0.4, -0.2) is 139 Å². The number of ether oxygens (including phenoxy) is 5. The van der Waals surface area contributed by atoms with E-state index in [-0.39, 0.29) is 75.2 Å². The number of urea groups is 1. The molecule has 0 bridgehead atoms. The Balaban J connectivity index is 0.788. The summed E-state index contributed by atoms with van der Waals surface area (Å²) in [6.45, 7) is 12.5. The molecular formula is C68H94F2N8O14. The molecule has 0 radical (unpaired) electrons. The number of carbonyl (C=O) groups excluding carboxylic acids is 8. The van der Waals surface area contributed by atoms with Crippen molar-refractivity contribution in [3.8, 4) is 5.75 Å². The maximum atomic E-state index is 17.9. The monoisotopic (exact) mass is 1280 g/mol. The number of allylic oxidation sites excluding steroid dienone is 5. The Bertz CT molecular complexity index is 3040. The summed E-state index contributed by atoms with van der Waals surface area (Å²) < 4.78 is 64.6. The molecule has 1 saturated heterocycles. The molecule has 7 amide bonds. The van der Waals surface area contributed by atoms with Gasteiger partial charge in [0.25, 0.3) is 0 Å². The van der Waals surface area contributed by atoms with Crippen LogP contribution in [0.25, 0.3) is 0 Å². The van der Waals surface area contributed by atoms with Crippen LogP contribution in [0.1, 0.15) is 143 Å². The number of amides is 7. The predicted molar refractivity (Wildman–Crippen MR) is 339 cm³/mol. The van der Waals surface area contributed by atoms with E-state index in [4.69, 9.17) is 35.2 Å². The third kappa shape index (κ3) is 16.1. The van der Waals surface area contributed by atoms with Crippen molar-refractivity contribution in [1.82, 2.24) is 21.3 Å². The van der Waals surface area contributed by atoms with Crippen molar-refractivity contribution in [2.75, 3.05) is 36.9 Å². The predicted octanol–water partition coefficient (Wildman–Crippen LogP) is 7.76. The molecule has 2 aromatic rings. The summed E-state index contributed by atoms with van der Waals surface area (Å²) in [5.74, 6) is -4.30. The lowest BCUT2D eigenvalue weighted by molar-refractivity contribution is -0.234. The molecule has 1 heterocycles. The van der Waals surface area contributed by atoms with Crippen LogP contribution in [0.5, 0.6) is 5.75 Å². The van der Waals surface area contributed by atoms with E-state index in [2.05, 4.69) is 38.5 Å². The molecule has 0 aromatic heterocycles. The van der Waals surface area contributed by atoms with Gasteiger partial charge in [-0.05, 0) is 161 Å². The second kappa shape index (κ2) is 31.2. The molecule has 24 heteroatoms. The first kappa shape index (κ1) is 70.7. The third-order valence-electron chi connectivity index (χ3n) is 19.8. The van der Waals surface area contributed by atoms with Gasteiger partial charge in [-0.1, -0.05) is 77.7 Å². The Morgan fingerprint density at radius 1 is 0.848 bits per heavy atom. The molecule has 22 nitrogen and oxygen atoms in total. The summed E-state index contributed by atoms with van der Waals surface area (Å²) in [7, 11) is 0. The molecule has 11 N–H and O–H groups in total. The highest BCUT2D eigenvalue weighted by molar-refractivity contribution is 6.02. The van der Waals surface area contributed by atoms with Gasteiger partial charge in [-0.25, -0.2) is 18.4 Å². The molecule has 4 saturated carbocycles. The first-order valence-corrected chi connectivity index (χ1v) is 32.6. The molecule has 6 aliphatic rings. The van der Waals surface area contributed by atoms with Gasteiger partial charge in [-0.15, -0.1) is 6.58 Å². The second-order valence-electron chi connectivity index (χ2n) is 26.4. The van der Waals surface area contributed by atoms with Crippen LogP contribution in [0.4, 0.5) is 29.7 Å². The van der Waals surface area contributed by atoms with Gasteiger partial charge in [0.05, 0.1) is 24.4 Å². The highest BCUT2D eigenvalue weighted by Crippen LogP contribution is 2.72. The van der Waals surface area contributed by atoms with Gasteiger partial charge in [-0.3, -0.25) is 34.1 Å². The number of ketones is 2. The number of hydrogen-bond donors (Lipinski definition) is 9. The number of nitrogens with one attached hydrogen (secondary N) is 6. The maximum Gasteiger partial charge on any atom is 0.411 e. The van der Waals surface area contributed by atoms with Crippen molar-refractivity contribution >= 4 is 58.7 Å². The van der Waals surface area contributed by atoms with Crippen LogP contribution in [0, 0.1) is 34.5 Å². The molecular weight excluding hydrogens is 1190 g/mol. The lowest BCUT2D eigenvalue weighted by Crippen LogP contribution is -2.71. The Morgan fingerprint density at radius 3 is 2.26 bits per heavy atom. The van der Waals surface area contributed by atoms with Gasteiger partial charge in [-0.2, -0.15) is 0 Å². The summed E-state index contributed by atoms with van der Waals surface area (Å²) >= 11 is 0. The van der Waals surface area contributed by atoms with Gasteiger partial charge >= 0.3 is 12.1 Å². The van der Waals surface area contributed by atoms with Crippen molar-refractivity contribution in [3.63, 3.8) is 0 Å². The minimum atomic E-state index is -2.35. The van der Waals surface area contributed by atoms with E-state index in [1.165, 1.54) is 25.5 Å². The minimum absolute atomic E-state index is 0.00758. The lowest BCUT2D eigenvalue weighted by Gasteiger charge is -2.63. The fourth-order valence-electron chi connectivity index (χ4n) is 14.8. The number of fused-ring (bicyclic) bond motifs is 7. The quantitative estimate of drug-likeness (QED) is 0.0278. The van der Waals surface area contributed by atoms with E-state index >= 15 is 8.78 Å². The van der Waals surface area contributed by atoms with Gasteiger partial charge in [0.2, 0.25) is 29.4 Å². The smallest absolute Gasteiger partial charge is 0.411 e. The normalized spacial score (nSPS) is 29.8. The van der Waals surface area contributed by atoms with Crippen molar-refractivity contribution in [1.29, 1.82) is 0 Å². The molecule has 0 spiro atoms. The molecule has 1 aliphatic heterocycles. The molecule has 8 rings (SSSR count). The number of anilines is 2. The van der Waals surface area contributed by atoms with Gasteiger partial charge in [0.1, 0.15) is 43.8 Å². The lowest BCUT2D eigenvalue weighted by atomic mass is 9.44. The highest BCUT2D eigenvalue weighted by Gasteiger charge is 2.80. The fraction of sp³-hybridized carbons (Fsp3) is 0.618. The third-order valence-corrected chi connectivity index (χ3v) is 19.8. The standard InChI is InChI=1S/C68H94F2N8O14/c1-7-15-58-91-56-35-48-49-34-51(69)50-33-45(79)28-29-65(50,5)67(49,70)54(80)36-66(48,6)68(56,92-58)55(81)38-88-46-26-24-44(25-27-46)76-64(87)90-37-42-20-22-43(23-21-42)75-61(84)53(19-14-31-74-63(72)86)77-62(85)59(40(3)4)78-60(83)52(71)18-12-13-30-73-57(82)39-89-47-17-11-9-10-16-41(8-2)32-47/h8,20-29,33,40-41,47-49,51-54,56,58-59,80H,2,7,9-19,30-32,34-39,71H2,1,3-6H3,(H,73,82)(H,75,84)(H,76,87)(H,77,85)(H,78,83)(H3,72,74,86)/t41?,47?,48?,49?,51-,52-,53-,54-,56+,58?,59-,65-,66-,67-,68+/m0/s1. The Labute approximate surface area is 537 Å². The molecule has 5 fully saturated rings. The van der Waals surface area contributed by atoms with Crippen LogP contribution >= 0.6 is 0 Å². The number of Topliss-reactive ketones (excluding diaryl/α,β-unsaturated/α-hetero) is 1. The summed E-state index contributed by atoms with van der Waals surface area (Å²) in [6.07, 6.45) is 8.94. The number of halogens is 2. The van der Waals surface area contributed by atoms with Crippen LogP contribution in [0.15, 0.2) is 85.0 Å². The number of rotatable bonds is 29. The van der Waals surface area contributed by atoms with Crippen LogP contribution in [0.3, 0.4) is 0 Å². The van der Waals surface area contributed by atoms with Gasteiger partial charge < -0.3 is 66.8 Å².